The highest BCUT2D eigenvalue weighted by atomic mass is 35.5. The topological polar surface area (TPSA) is 64.7 Å². The Morgan fingerprint density at radius 3 is 2.45 bits per heavy atom. The van der Waals surface area contributed by atoms with Gasteiger partial charge in [-0.1, -0.05) is 35.3 Å². The van der Waals surface area contributed by atoms with E-state index >= 15 is 0 Å². The van der Waals surface area contributed by atoms with E-state index in [1.54, 1.807) is 30.3 Å². The Hall–Kier alpha value is -1.85. The van der Waals surface area contributed by atoms with Gasteiger partial charge in [-0.2, -0.15) is 10.5 Å². The van der Waals surface area contributed by atoms with Crippen molar-refractivity contribution in [2.24, 2.45) is 5.92 Å². The van der Waals surface area contributed by atoms with Crippen molar-refractivity contribution < 1.29 is 4.79 Å². The van der Waals surface area contributed by atoms with Gasteiger partial charge in [0.15, 0.2) is 5.78 Å². The number of nitriles is 2. The number of carbonyl (C=O) groups is 1. The lowest BCUT2D eigenvalue weighted by Gasteiger charge is -2.17. The van der Waals surface area contributed by atoms with Crippen LogP contribution in [0.1, 0.15) is 27.6 Å². The molecule has 0 fully saturated rings. The second-order valence-electron chi connectivity index (χ2n) is 4.62. The van der Waals surface area contributed by atoms with Gasteiger partial charge in [-0.15, -0.1) is 11.3 Å². The molecule has 1 heterocycles. The van der Waals surface area contributed by atoms with Crippen LogP contribution in [0.2, 0.25) is 10.0 Å². The minimum Gasteiger partial charge on any atom is -0.293 e. The van der Waals surface area contributed by atoms with Gasteiger partial charge >= 0.3 is 0 Å². The van der Waals surface area contributed by atoms with E-state index < -0.39 is 11.8 Å². The third-order valence-corrected chi connectivity index (χ3v) is 4.90. The van der Waals surface area contributed by atoms with Crippen molar-refractivity contribution in [1.29, 1.82) is 10.5 Å². The van der Waals surface area contributed by atoms with Gasteiger partial charge in [0.2, 0.25) is 0 Å². The van der Waals surface area contributed by atoms with Crippen LogP contribution in [-0.2, 0) is 0 Å². The molecule has 0 aliphatic heterocycles. The number of carbonyl (C=O) groups excluding carboxylic acids is 1. The van der Waals surface area contributed by atoms with Crippen LogP contribution in [0.3, 0.4) is 0 Å². The number of hydrogen-bond donors (Lipinski definition) is 0. The summed E-state index contributed by atoms with van der Waals surface area (Å²) in [5.74, 6) is -1.57. The van der Waals surface area contributed by atoms with Crippen LogP contribution in [0.25, 0.3) is 0 Å². The maximum atomic E-state index is 12.3. The number of thiophene rings is 1. The number of halogens is 2. The van der Waals surface area contributed by atoms with E-state index in [0.717, 1.165) is 0 Å². The number of benzene rings is 1. The Kier molecular flexibility index (Phi) is 5.57. The number of ketones is 1. The van der Waals surface area contributed by atoms with Gasteiger partial charge in [0, 0.05) is 12.3 Å². The molecular formula is C16H10Cl2N2OS. The molecule has 1 aromatic heterocycles. The van der Waals surface area contributed by atoms with Crippen molar-refractivity contribution in [3.05, 3.63) is 56.2 Å². The lowest BCUT2D eigenvalue weighted by atomic mass is 9.83. The molecule has 22 heavy (non-hydrogen) atoms. The van der Waals surface area contributed by atoms with E-state index in [1.165, 1.54) is 11.3 Å². The van der Waals surface area contributed by atoms with Gasteiger partial charge in [0.25, 0.3) is 0 Å². The Balaban J connectivity index is 2.35. The molecule has 1 atom stereocenters. The van der Waals surface area contributed by atoms with E-state index in [9.17, 15) is 15.3 Å². The summed E-state index contributed by atoms with van der Waals surface area (Å²) < 4.78 is 0. The van der Waals surface area contributed by atoms with Crippen LogP contribution >= 0.6 is 34.5 Å². The van der Waals surface area contributed by atoms with Gasteiger partial charge in [-0.3, -0.25) is 4.79 Å². The van der Waals surface area contributed by atoms with Crippen molar-refractivity contribution in [1.82, 2.24) is 0 Å². The minimum atomic E-state index is -0.929. The third kappa shape index (κ3) is 3.67. The molecular weight excluding hydrogens is 339 g/mol. The van der Waals surface area contributed by atoms with Gasteiger partial charge in [-0.25, -0.2) is 0 Å². The molecule has 0 aliphatic carbocycles. The van der Waals surface area contributed by atoms with Crippen molar-refractivity contribution in [3.63, 3.8) is 0 Å². The smallest absolute Gasteiger partial charge is 0.173 e. The lowest BCUT2D eigenvalue weighted by molar-refractivity contribution is 0.0975. The molecule has 2 rings (SSSR count). The first kappa shape index (κ1) is 16.5. The molecule has 6 heteroatoms. The van der Waals surface area contributed by atoms with Crippen molar-refractivity contribution in [2.45, 2.75) is 12.3 Å². The molecule has 0 bridgehead atoms. The van der Waals surface area contributed by atoms with Crippen LogP contribution in [0.15, 0.2) is 35.7 Å². The van der Waals surface area contributed by atoms with E-state index in [4.69, 9.17) is 23.2 Å². The summed E-state index contributed by atoms with van der Waals surface area (Å²) in [7, 11) is 0. The average Bonchev–Trinajstić information content (AvgIpc) is 3.04. The quantitative estimate of drug-likeness (QED) is 0.708. The first-order valence-corrected chi connectivity index (χ1v) is 8.01. The largest absolute Gasteiger partial charge is 0.293 e. The van der Waals surface area contributed by atoms with Gasteiger partial charge < -0.3 is 0 Å². The number of hydrogen-bond acceptors (Lipinski definition) is 4. The van der Waals surface area contributed by atoms with E-state index in [-0.39, 0.29) is 12.2 Å². The first-order valence-electron chi connectivity index (χ1n) is 6.37. The molecule has 0 aliphatic rings. The summed E-state index contributed by atoms with van der Waals surface area (Å²) in [5, 5.41) is 20.9. The van der Waals surface area contributed by atoms with Crippen LogP contribution in [-0.4, -0.2) is 5.78 Å². The predicted octanol–water partition coefficient (Wildman–Crippen LogP) is 5.07. The summed E-state index contributed by atoms with van der Waals surface area (Å²) >= 11 is 13.2. The van der Waals surface area contributed by atoms with Crippen LogP contribution < -0.4 is 0 Å². The molecule has 0 saturated carbocycles. The van der Waals surface area contributed by atoms with Gasteiger partial charge in [0.05, 0.1) is 27.1 Å². The summed E-state index contributed by atoms with van der Waals surface area (Å²) in [6, 6.07) is 12.3. The van der Waals surface area contributed by atoms with Crippen molar-refractivity contribution in [3.8, 4) is 12.1 Å². The molecule has 0 radical (unpaired) electrons. The zero-order valence-corrected chi connectivity index (χ0v) is 13.6. The summed E-state index contributed by atoms with van der Waals surface area (Å²) in [6.07, 6.45) is 0.0737. The molecule has 3 nitrogen and oxygen atoms in total. The summed E-state index contributed by atoms with van der Waals surface area (Å²) in [6.45, 7) is 0. The first-order chi connectivity index (χ1) is 10.6. The fourth-order valence-electron chi connectivity index (χ4n) is 2.12. The molecule has 0 amide bonds. The minimum absolute atomic E-state index is 0.0737. The lowest BCUT2D eigenvalue weighted by Crippen LogP contribution is -2.14. The zero-order chi connectivity index (χ0) is 16.1. The molecule has 2 aromatic rings. The fraction of sp³-hybridized carbons (Fsp3) is 0.188. The highest BCUT2D eigenvalue weighted by molar-refractivity contribution is 7.12. The summed E-state index contributed by atoms with van der Waals surface area (Å²) in [5.41, 5.74) is 0.660. The van der Waals surface area contributed by atoms with Gasteiger partial charge in [-0.05, 0) is 29.1 Å². The zero-order valence-electron chi connectivity index (χ0n) is 11.3. The number of rotatable bonds is 5. The highest BCUT2D eigenvalue weighted by Gasteiger charge is 2.27. The Bertz CT molecular complexity index is 745. The monoisotopic (exact) mass is 348 g/mol. The Morgan fingerprint density at radius 1 is 1.18 bits per heavy atom. The maximum absolute atomic E-state index is 12.3. The van der Waals surface area contributed by atoms with Gasteiger partial charge in [0.1, 0.15) is 5.92 Å². The third-order valence-electron chi connectivity index (χ3n) is 3.25. The maximum Gasteiger partial charge on any atom is 0.173 e. The Morgan fingerprint density at radius 2 is 1.91 bits per heavy atom. The number of Topliss-reactive ketones (excluding diaryl/α,β-unsaturated/α-hetero) is 1. The van der Waals surface area contributed by atoms with Crippen molar-refractivity contribution in [2.75, 3.05) is 0 Å². The second-order valence-corrected chi connectivity index (χ2v) is 6.38. The van der Waals surface area contributed by atoms with E-state index in [0.29, 0.717) is 20.5 Å². The second kappa shape index (κ2) is 7.42. The normalized spacial score (nSPS) is 11.7. The van der Waals surface area contributed by atoms with Crippen LogP contribution in [0, 0.1) is 28.6 Å². The summed E-state index contributed by atoms with van der Waals surface area (Å²) in [4.78, 5) is 12.9. The molecule has 1 aromatic carbocycles. The molecule has 110 valence electrons. The molecule has 0 saturated heterocycles. The molecule has 0 N–H and O–H groups in total. The Labute approximate surface area is 142 Å². The van der Waals surface area contributed by atoms with Crippen LogP contribution in [0.4, 0.5) is 0 Å². The average molecular weight is 349 g/mol. The standard InChI is InChI=1S/C16H10Cl2N2OS/c17-13-4-3-10(6-14(13)18)12(11(8-19)9-20)7-15(21)16-2-1-5-22-16/h1-6,11-12H,7H2/t12-/m0/s1. The molecule has 0 unspecified atom stereocenters. The van der Waals surface area contributed by atoms with Crippen LogP contribution in [0.5, 0.6) is 0 Å². The van der Waals surface area contributed by atoms with E-state index in [2.05, 4.69) is 0 Å². The predicted molar refractivity (Wildman–Crippen MR) is 87.2 cm³/mol. The number of nitrogens with zero attached hydrogens (tertiary/aromatic N) is 2. The SMILES string of the molecule is N#CC(C#N)[C@@H](CC(=O)c1cccs1)c1ccc(Cl)c(Cl)c1. The molecule has 0 spiro atoms. The van der Waals surface area contributed by atoms with Crippen molar-refractivity contribution >= 4 is 40.3 Å². The fourth-order valence-corrected chi connectivity index (χ4v) is 3.10. The van der Waals surface area contributed by atoms with E-state index in [1.807, 2.05) is 17.5 Å². The highest BCUT2D eigenvalue weighted by Crippen LogP contribution is 2.33.